The summed E-state index contributed by atoms with van der Waals surface area (Å²) in [4.78, 5) is 25.2. The van der Waals surface area contributed by atoms with Gasteiger partial charge in [0.1, 0.15) is 5.82 Å². The molecule has 7 nitrogen and oxygen atoms in total. The molecule has 2 rings (SSSR count). The molecule has 0 saturated heterocycles. The molecule has 0 heterocycles. The molecule has 0 saturated carbocycles. The summed E-state index contributed by atoms with van der Waals surface area (Å²) in [6.07, 6.45) is 0. The second-order valence-corrected chi connectivity index (χ2v) is 7.42. The molecule has 2 aromatic rings. The minimum absolute atomic E-state index is 0.264. The highest BCUT2D eigenvalue weighted by molar-refractivity contribution is 7.89. The molecule has 1 atom stereocenters. The molecule has 9 heteroatoms. The van der Waals surface area contributed by atoms with Crippen LogP contribution in [-0.4, -0.2) is 38.8 Å². The first-order valence-electron chi connectivity index (χ1n) is 7.91. The van der Waals surface area contributed by atoms with Crippen LogP contribution < -0.4 is 5.14 Å². The molecule has 0 aliphatic rings. The summed E-state index contributed by atoms with van der Waals surface area (Å²) in [7, 11) is -2.56. The van der Waals surface area contributed by atoms with Gasteiger partial charge >= 0.3 is 5.97 Å². The number of carbonyl (C=O) groups is 2. The zero-order valence-electron chi connectivity index (χ0n) is 14.8. The summed E-state index contributed by atoms with van der Waals surface area (Å²) in [6, 6.07) is 11.5. The van der Waals surface area contributed by atoms with Crippen LogP contribution in [0.3, 0.4) is 0 Å². The molecule has 27 heavy (non-hydrogen) atoms. The van der Waals surface area contributed by atoms with Crippen molar-refractivity contribution in [3.8, 4) is 0 Å². The van der Waals surface area contributed by atoms with Crippen molar-refractivity contribution < 1.29 is 27.1 Å². The number of nitrogens with two attached hydrogens (primary N) is 1. The van der Waals surface area contributed by atoms with E-state index in [1.54, 1.807) is 7.05 Å². The first kappa shape index (κ1) is 20.5. The van der Waals surface area contributed by atoms with Crippen LogP contribution in [0, 0.1) is 5.82 Å². The predicted molar refractivity (Wildman–Crippen MR) is 95.7 cm³/mol. The fraction of sp³-hybridized carbons (Fsp3) is 0.222. The average molecular weight is 394 g/mol. The summed E-state index contributed by atoms with van der Waals surface area (Å²) < 4.78 is 41.3. The van der Waals surface area contributed by atoms with Crippen molar-refractivity contribution >= 4 is 21.9 Å². The van der Waals surface area contributed by atoms with Gasteiger partial charge in [-0.15, -0.1) is 0 Å². The van der Waals surface area contributed by atoms with Gasteiger partial charge in [0.05, 0.1) is 16.5 Å². The Morgan fingerprint density at radius 3 is 2.41 bits per heavy atom. The lowest BCUT2D eigenvalue weighted by Crippen LogP contribution is -2.33. The summed E-state index contributed by atoms with van der Waals surface area (Å²) in [6.45, 7) is 1.19. The normalized spacial score (nSPS) is 12.3. The lowest BCUT2D eigenvalue weighted by molar-refractivity contribution is -0.135. The monoisotopic (exact) mass is 394 g/mol. The highest BCUT2D eigenvalue weighted by Gasteiger charge is 2.22. The van der Waals surface area contributed by atoms with Gasteiger partial charge in [0.2, 0.25) is 10.0 Å². The van der Waals surface area contributed by atoms with Crippen molar-refractivity contribution in [2.45, 2.75) is 17.9 Å². The van der Waals surface area contributed by atoms with Gasteiger partial charge in [0, 0.05) is 7.05 Å². The van der Waals surface area contributed by atoms with E-state index < -0.39 is 44.8 Å². The van der Waals surface area contributed by atoms with E-state index in [2.05, 4.69) is 0 Å². The van der Waals surface area contributed by atoms with Crippen molar-refractivity contribution in [3.05, 3.63) is 65.5 Å². The van der Waals surface area contributed by atoms with E-state index in [0.29, 0.717) is 0 Å². The summed E-state index contributed by atoms with van der Waals surface area (Å²) in [5.41, 5.74) is 0.277. The molecule has 0 aromatic heterocycles. The minimum atomic E-state index is -4.11. The van der Waals surface area contributed by atoms with Gasteiger partial charge in [-0.1, -0.05) is 30.3 Å². The molecule has 1 amide bonds. The maximum atomic E-state index is 13.8. The van der Waals surface area contributed by atoms with E-state index in [-0.39, 0.29) is 6.04 Å². The molecule has 0 fully saturated rings. The van der Waals surface area contributed by atoms with Crippen molar-refractivity contribution in [3.63, 3.8) is 0 Å². The van der Waals surface area contributed by atoms with Gasteiger partial charge in [0.25, 0.3) is 5.91 Å². The first-order chi connectivity index (χ1) is 12.6. The summed E-state index contributed by atoms with van der Waals surface area (Å²) in [5.74, 6) is -2.64. The molecule has 0 aliphatic heterocycles. The van der Waals surface area contributed by atoms with Crippen LogP contribution in [0.15, 0.2) is 53.4 Å². The highest BCUT2D eigenvalue weighted by Crippen LogP contribution is 2.19. The Balaban J connectivity index is 2.06. The van der Waals surface area contributed by atoms with Crippen molar-refractivity contribution in [2.24, 2.45) is 5.14 Å². The SMILES string of the molecule is C[C@@H](c1ccccc1)N(C)C(=O)COC(=O)c1cc(S(N)(=O)=O)ccc1F. The Labute approximate surface area is 156 Å². The van der Waals surface area contributed by atoms with Crippen LogP contribution >= 0.6 is 0 Å². The van der Waals surface area contributed by atoms with Gasteiger partial charge in [0.15, 0.2) is 6.61 Å². The average Bonchev–Trinajstić information content (AvgIpc) is 2.64. The third-order valence-electron chi connectivity index (χ3n) is 4.07. The Bertz CT molecular complexity index is 947. The minimum Gasteiger partial charge on any atom is -0.452 e. The number of rotatable bonds is 6. The van der Waals surface area contributed by atoms with E-state index >= 15 is 0 Å². The summed E-state index contributed by atoms with van der Waals surface area (Å²) in [5, 5.41) is 4.96. The van der Waals surface area contributed by atoms with Gasteiger partial charge in [-0.25, -0.2) is 22.7 Å². The van der Waals surface area contributed by atoms with Crippen molar-refractivity contribution in [2.75, 3.05) is 13.7 Å². The van der Waals surface area contributed by atoms with Gasteiger partial charge in [-0.2, -0.15) is 0 Å². The van der Waals surface area contributed by atoms with Crippen LogP contribution in [0.25, 0.3) is 0 Å². The maximum Gasteiger partial charge on any atom is 0.341 e. The number of nitrogens with zero attached hydrogens (tertiary/aromatic N) is 1. The molecule has 0 spiro atoms. The molecule has 2 N–H and O–H groups in total. The Morgan fingerprint density at radius 2 is 1.81 bits per heavy atom. The quantitative estimate of drug-likeness (QED) is 0.753. The second-order valence-electron chi connectivity index (χ2n) is 5.85. The Kier molecular flexibility index (Phi) is 6.29. The molecule has 0 bridgehead atoms. The Hall–Kier alpha value is -2.78. The fourth-order valence-corrected chi connectivity index (χ4v) is 2.86. The van der Waals surface area contributed by atoms with E-state index in [1.165, 1.54) is 4.90 Å². The number of halogens is 1. The number of benzene rings is 2. The molecular weight excluding hydrogens is 375 g/mol. The molecule has 0 aliphatic carbocycles. The third kappa shape index (κ3) is 5.11. The van der Waals surface area contributed by atoms with E-state index in [1.807, 2.05) is 37.3 Å². The van der Waals surface area contributed by atoms with Gasteiger partial charge < -0.3 is 9.64 Å². The van der Waals surface area contributed by atoms with E-state index in [0.717, 1.165) is 23.8 Å². The molecule has 2 aromatic carbocycles. The van der Waals surface area contributed by atoms with Gasteiger partial charge in [-0.3, -0.25) is 4.79 Å². The van der Waals surface area contributed by atoms with E-state index in [4.69, 9.17) is 9.88 Å². The van der Waals surface area contributed by atoms with Crippen LogP contribution in [0.5, 0.6) is 0 Å². The number of sulfonamides is 1. The lowest BCUT2D eigenvalue weighted by atomic mass is 10.1. The predicted octanol–water partition coefficient (Wildman–Crippen LogP) is 1.85. The third-order valence-corrected chi connectivity index (χ3v) is 4.98. The number of amides is 1. The number of esters is 1. The van der Waals surface area contributed by atoms with Crippen molar-refractivity contribution in [1.29, 1.82) is 0 Å². The molecular formula is C18H19FN2O5S. The maximum absolute atomic E-state index is 13.8. The fourth-order valence-electron chi connectivity index (χ4n) is 2.32. The number of likely N-dealkylation sites (N-methyl/N-ethyl adjacent to an activating group) is 1. The van der Waals surface area contributed by atoms with Crippen LogP contribution in [0.4, 0.5) is 4.39 Å². The number of primary sulfonamides is 1. The molecule has 0 radical (unpaired) electrons. The zero-order chi connectivity index (χ0) is 20.2. The summed E-state index contributed by atoms with van der Waals surface area (Å²) >= 11 is 0. The largest absolute Gasteiger partial charge is 0.452 e. The number of ether oxygens (including phenoxy) is 1. The molecule has 0 unspecified atom stereocenters. The zero-order valence-corrected chi connectivity index (χ0v) is 15.6. The van der Waals surface area contributed by atoms with Crippen LogP contribution in [-0.2, 0) is 19.6 Å². The van der Waals surface area contributed by atoms with Gasteiger partial charge in [-0.05, 0) is 30.7 Å². The Morgan fingerprint density at radius 1 is 1.19 bits per heavy atom. The number of hydrogen-bond donors (Lipinski definition) is 1. The standard InChI is InChI=1S/C18H19FN2O5S/c1-12(13-6-4-3-5-7-13)21(2)17(22)11-26-18(23)15-10-14(27(20,24)25)8-9-16(15)19/h3-10,12H,11H2,1-2H3,(H2,20,24,25)/t12-/m0/s1. The topological polar surface area (TPSA) is 107 Å². The van der Waals surface area contributed by atoms with Crippen LogP contribution in [0.1, 0.15) is 28.9 Å². The first-order valence-corrected chi connectivity index (χ1v) is 9.46. The van der Waals surface area contributed by atoms with E-state index in [9.17, 15) is 22.4 Å². The lowest BCUT2D eigenvalue weighted by Gasteiger charge is -2.25. The molecule has 144 valence electrons. The number of hydrogen-bond acceptors (Lipinski definition) is 5. The smallest absolute Gasteiger partial charge is 0.341 e. The highest BCUT2D eigenvalue weighted by atomic mass is 32.2. The second kappa shape index (κ2) is 8.28. The van der Waals surface area contributed by atoms with Crippen LogP contribution in [0.2, 0.25) is 0 Å². The van der Waals surface area contributed by atoms with Crippen molar-refractivity contribution in [1.82, 2.24) is 4.90 Å². The number of carbonyl (C=O) groups excluding carboxylic acids is 2.